The van der Waals surface area contributed by atoms with Crippen LogP contribution in [-0.2, 0) is 11.2 Å². The number of aryl methyl sites for hydroxylation is 1. The molecule has 2 aromatic heterocycles. The van der Waals surface area contributed by atoms with Gasteiger partial charge in [0.1, 0.15) is 22.7 Å². The van der Waals surface area contributed by atoms with E-state index in [-0.39, 0.29) is 11.8 Å². The summed E-state index contributed by atoms with van der Waals surface area (Å²) in [5.74, 6) is 0.866. The summed E-state index contributed by atoms with van der Waals surface area (Å²) in [5.41, 5.74) is 2.75. The van der Waals surface area contributed by atoms with Crippen molar-refractivity contribution in [2.75, 3.05) is 14.2 Å². The number of ether oxygens (including phenoxy) is 2. The largest absolute Gasteiger partial charge is 0.493 e. The van der Waals surface area contributed by atoms with E-state index < -0.39 is 5.97 Å². The van der Waals surface area contributed by atoms with Gasteiger partial charge >= 0.3 is 5.97 Å². The first-order valence-electron chi connectivity index (χ1n) is 10.9. The van der Waals surface area contributed by atoms with Crippen LogP contribution in [0.1, 0.15) is 11.3 Å². The minimum Gasteiger partial charge on any atom is -0.493 e. The standard InChI is InChI=1S/C28H22O7/c1-15-24(17-9-11-20(32-2)22(13-17)33-3)26(31)18-10-12-21-25(28(18)34-15)19(14-23(29)30)27(35-21)16-7-5-4-6-8-16/h4-13H,14H2,1-3H3,(H,29,30). The second-order valence-electron chi connectivity index (χ2n) is 8.09. The van der Waals surface area contributed by atoms with E-state index in [0.29, 0.717) is 61.6 Å². The summed E-state index contributed by atoms with van der Waals surface area (Å²) in [6, 6.07) is 17.8. The molecule has 0 radical (unpaired) electrons. The maximum absolute atomic E-state index is 13.7. The molecule has 0 spiro atoms. The van der Waals surface area contributed by atoms with Gasteiger partial charge < -0.3 is 23.4 Å². The normalized spacial score (nSPS) is 11.2. The summed E-state index contributed by atoms with van der Waals surface area (Å²) in [5, 5.41) is 10.4. The average Bonchev–Trinajstić information content (AvgIpc) is 3.22. The number of hydrogen-bond acceptors (Lipinski definition) is 6. The molecule has 176 valence electrons. The van der Waals surface area contributed by atoms with Crippen LogP contribution in [-0.4, -0.2) is 25.3 Å². The highest BCUT2D eigenvalue weighted by Crippen LogP contribution is 2.39. The van der Waals surface area contributed by atoms with Crippen LogP contribution >= 0.6 is 0 Å². The number of carboxylic acid groups (broad SMARTS) is 1. The number of fused-ring (bicyclic) bond motifs is 3. The Morgan fingerprint density at radius 1 is 0.914 bits per heavy atom. The van der Waals surface area contributed by atoms with Crippen molar-refractivity contribution in [2.24, 2.45) is 0 Å². The Hall–Kier alpha value is -4.52. The van der Waals surface area contributed by atoms with Gasteiger partial charge in [0, 0.05) is 11.1 Å². The smallest absolute Gasteiger partial charge is 0.307 e. The van der Waals surface area contributed by atoms with Crippen molar-refractivity contribution in [1.82, 2.24) is 0 Å². The Bertz CT molecular complexity index is 1640. The summed E-state index contributed by atoms with van der Waals surface area (Å²) < 4.78 is 23.0. The lowest BCUT2D eigenvalue weighted by Gasteiger charge is -2.11. The molecule has 3 aromatic carbocycles. The maximum atomic E-state index is 13.7. The second-order valence-corrected chi connectivity index (χ2v) is 8.09. The fourth-order valence-electron chi connectivity index (χ4n) is 4.47. The van der Waals surface area contributed by atoms with Gasteiger partial charge in [0.05, 0.1) is 37.0 Å². The molecule has 1 N–H and O–H groups in total. The Morgan fingerprint density at radius 2 is 1.66 bits per heavy atom. The molecule has 0 fully saturated rings. The molecule has 5 rings (SSSR count). The minimum absolute atomic E-state index is 0.235. The van der Waals surface area contributed by atoms with Crippen molar-refractivity contribution < 1.29 is 28.2 Å². The lowest BCUT2D eigenvalue weighted by atomic mass is 9.98. The van der Waals surface area contributed by atoms with Gasteiger partial charge in [0.15, 0.2) is 11.5 Å². The fraction of sp³-hybridized carbons (Fsp3) is 0.143. The molecule has 5 aromatic rings. The van der Waals surface area contributed by atoms with Gasteiger partial charge in [0.2, 0.25) is 5.43 Å². The summed E-state index contributed by atoms with van der Waals surface area (Å²) in [4.78, 5) is 25.4. The van der Waals surface area contributed by atoms with Gasteiger partial charge in [-0.2, -0.15) is 0 Å². The number of carboxylic acids is 1. The minimum atomic E-state index is -1.01. The highest BCUT2D eigenvalue weighted by molar-refractivity contribution is 6.08. The van der Waals surface area contributed by atoms with Crippen molar-refractivity contribution in [2.45, 2.75) is 13.3 Å². The Balaban J connectivity index is 1.81. The SMILES string of the molecule is COc1ccc(-c2c(C)oc3c(ccc4oc(-c5ccccc5)c(CC(=O)O)c43)c2=O)cc1OC. The van der Waals surface area contributed by atoms with Crippen molar-refractivity contribution in [3.8, 4) is 33.9 Å². The molecule has 7 nitrogen and oxygen atoms in total. The molecule has 0 bridgehead atoms. The van der Waals surface area contributed by atoms with Crippen LogP contribution in [0.2, 0.25) is 0 Å². The highest BCUT2D eigenvalue weighted by atomic mass is 16.5. The van der Waals surface area contributed by atoms with Gasteiger partial charge in [0.25, 0.3) is 0 Å². The second kappa shape index (κ2) is 8.68. The molecule has 0 aliphatic heterocycles. The molecule has 0 saturated heterocycles. The van der Waals surface area contributed by atoms with E-state index in [1.807, 2.05) is 30.3 Å². The van der Waals surface area contributed by atoms with Gasteiger partial charge in [-0.25, -0.2) is 0 Å². The number of methoxy groups -OCH3 is 2. The van der Waals surface area contributed by atoms with Crippen molar-refractivity contribution >= 4 is 27.9 Å². The monoisotopic (exact) mass is 470 g/mol. The topological polar surface area (TPSA) is 99.1 Å². The van der Waals surface area contributed by atoms with E-state index >= 15 is 0 Å². The number of furan rings is 1. The highest BCUT2D eigenvalue weighted by Gasteiger charge is 2.24. The molecule has 0 atom stereocenters. The van der Waals surface area contributed by atoms with E-state index in [1.54, 1.807) is 44.4 Å². The number of hydrogen-bond donors (Lipinski definition) is 1. The summed E-state index contributed by atoms with van der Waals surface area (Å²) in [6.45, 7) is 1.71. The zero-order valence-corrected chi connectivity index (χ0v) is 19.4. The van der Waals surface area contributed by atoms with Crippen molar-refractivity contribution in [3.63, 3.8) is 0 Å². The fourth-order valence-corrected chi connectivity index (χ4v) is 4.47. The summed E-state index contributed by atoms with van der Waals surface area (Å²) in [6.07, 6.45) is -0.281. The zero-order chi connectivity index (χ0) is 24.7. The predicted octanol–water partition coefficient (Wildman–Crippen LogP) is 5.83. The number of rotatable bonds is 6. The van der Waals surface area contributed by atoms with Crippen LogP contribution in [0.4, 0.5) is 0 Å². The molecular formula is C28H22O7. The van der Waals surface area contributed by atoms with Gasteiger partial charge in [-0.1, -0.05) is 36.4 Å². The zero-order valence-electron chi connectivity index (χ0n) is 19.4. The van der Waals surface area contributed by atoms with E-state index in [9.17, 15) is 14.7 Å². The molecule has 2 heterocycles. The predicted molar refractivity (Wildman–Crippen MR) is 132 cm³/mol. The van der Waals surface area contributed by atoms with Crippen LogP contribution in [0.5, 0.6) is 11.5 Å². The van der Waals surface area contributed by atoms with Crippen molar-refractivity contribution in [3.05, 3.63) is 82.2 Å². The van der Waals surface area contributed by atoms with E-state index in [2.05, 4.69) is 0 Å². The third-order valence-corrected chi connectivity index (χ3v) is 6.02. The first-order chi connectivity index (χ1) is 16.9. The van der Waals surface area contributed by atoms with E-state index in [0.717, 1.165) is 5.56 Å². The van der Waals surface area contributed by atoms with Crippen LogP contribution in [0.25, 0.3) is 44.4 Å². The quantitative estimate of drug-likeness (QED) is 0.333. The lowest BCUT2D eigenvalue weighted by Crippen LogP contribution is -2.08. The Labute approximate surface area is 200 Å². The summed E-state index contributed by atoms with van der Waals surface area (Å²) in [7, 11) is 3.07. The molecule has 0 aliphatic carbocycles. The lowest BCUT2D eigenvalue weighted by molar-refractivity contribution is -0.136. The third-order valence-electron chi connectivity index (χ3n) is 6.02. The molecule has 0 saturated carbocycles. The van der Waals surface area contributed by atoms with Crippen molar-refractivity contribution in [1.29, 1.82) is 0 Å². The molecular weight excluding hydrogens is 448 g/mol. The van der Waals surface area contributed by atoms with Crippen LogP contribution in [0.15, 0.2) is 74.3 Å². The molecule has 0 amide bonds. The summed E-state index contributed by atoms with van der Waals surface area (Å²) >= 11 is 0. The van der Waals surface area contributed by atoms with Gasteiger partial charge in [-0.3, -0.25) is 9.59 Å². The van der Waals surface area contributed by atoms with Crippen LogP contribution in [0, 0.1) is 6.92 Å². The van der Waals surface area contributed by atoms with Crippen LogP contribution in [0.3, 0.4) is 0 Å². The first kappa shape index (κ1) is 22.3. The Morgan fingerprint density at radius 3 is 2.34 bits per heavy atom. The third kappa shape index (κ3) is 3.71. The number of benzene rings is 3. The average molecular weight is 470 g/mol. The van der Waals surface area contributed by atoms with E-state index in [4.69, 9.17) is 18.3 Å². The van der Waals surface area contributed by atoms with E-state index in [1.165, 1.54) is 7.11 Å². The molecule has 0 aliphatic rings. The number of aliphatic carboxylic acids is 1. The van der Waals surface area contributed by atoms with Gasteiger partial charge in [-0.05, 0) is 36.8 Å². The molecule has 7 heteroatoms. The van der Waals surface area contributed by atoms with Crippen LogP contribution < -0.4 is 14.9 Å². The Kier molecular flexibility index (Phi) is 5.53. The molecule has 35 heavy (non-hydrogen) atoms. The molecule has 0 unspecified atom stereocenters. The number of carbonyl (C=O) groups is 1. The maximum Gasteiger partial charge on any atom is 0.307 e. The van der Waals surface area contributed by atoms with Gasteiger partial charge in [-0.15, -0.1) is 0 Å². The first-order valence-corrected chi connectivity index (χ1v) is 10.9.